The van der Waals surface area contributed by atoms with Crippen molar-refractivity contribution >= 4 is 5.97 Å². The first-order chi connectivity index (χ1) is 14.2. The number of hydrogen-bond donors (Lipinski definition) is 1. The number of quaternary nitrogens is 1. The fourth-order valence-electron chi connectivity index (χ4n) is 4.05. The van der Waals surface area contributed by atoms with Crippen molar-refractivity contribution in [3.63, 3.8) is 0 Å². The van der Waals surface area contributed by atoms with Crippen molar-refractivity contribution < 1.29 is 19.1 Å². The molecule has 1 unspecified atom stereocenters. The Labute approximate surface area is 187 Å². The van der Waals surface area contributed by atoms with Gasteiger partial charge in [0.1, 0.15) is 12.1 Å². The average molecular weight is 427 g/mol. The molecule has 0 heterocycles. The van der Waals surface area contributed by atoms with Gasteiger partial charge in [-0.2, -0.15) is 0 Å². The van der Waals surface area contributed by atoms with Crippen molar-refractivity contribution in [2.24, 2.45) is 0 Å². The van der Waals surface area contributed by atoms with Crippen LogP contribution in [0.15, 0.2) is 12.2 Å². The van der Waals surface area contributed by atoms with E-state index in [0.717, 1.165) is 25.7 Å². The van der Waals surface area contributed by atoms with Gasteiger partial charge in [0.2, 0.25) is 0 Å². The first-order valence-electron chi connectivity index (χ1n) is 12.6. The predicted octanol–water partition coefficient (Wildman–Crippen LogP) is 6.98. The summed E-state index contributed by atoms with van der Waals surface area (Å²) in [4.78, 5) is 11.6. The summed E-state index contributed by atoms with van der Waals surface area (Å²) in [6.07, 6.45) is 21.9. The Hall–Kier alpha value is -0.870. The molecule has 0 aromatic rings. The van der Waals surface area contributed by atoms with E-state index in [0.29, 0.717) is 17.6 Å². The minimum atomic E-state index is -0.789. The van der Waals surface area contributed by atoms with Crippen molar-refractivity contribution in [3.05, 3.63) is 12.2 Å². The molecule has 0 aliphatic rings. The van der Waals surface area contributed by atoms with Crippen molar-refractivity contribution in [3.8, 4) is 0 Å². The van der Waals surface area contributed by atoms with E-state index in [1.54, 1.807) is 0 Å². The third-order valence-electron chi connectivity index (χ3n) is 5.48. The Morgan fingerprint density at radius 1 is 0.833 bits per heavy atom. The van der Waals surface area contributed by atoms with E-state index in [1.165, 1.54) is 64.2 Å². The molecule has 4 nitrogen and oxygen atoms in total. The minimum absolute atomic E-state index is 0.0309. The third kappa shape index (κ3) is 17.9. The summed E-state index contributed by atoms with van der Waals surface area (Å²) >= 11 is 0. The van der Waals surface area contributed by atoms with Crippen LogP contribution in [-0.2, 0) is 9.53 Å². The molecule has 0 spiro atoms. The van der Waals surface area contributed by atoms with Gasteiger partial charge in [-0.25, -0.2) is 0 Å². The maximum atomic E-state index is 11.6. The highest BCUT2D eigenvalue weighted by Gasteiger charge is 2.37. The lowest BCUT2D eigenvalue weighted by atomic mass is 9.96. The van der Waals surface area contributed by atoms with Crippen LogP contribution in [0.3, 0.4) is 0 Å². The van der Waals surface area contributed by atoms with E-state index >= 15 is 0 Å². The van der Waals surface area contributed by atoms with E-state index in [4.69, 9.17) is 4.74 Å². The van der Waals surface area contributed by atoms with Crippen LogP contribution in [-0.4, -0.2) is 55.5 Å². The third-order valence-corrected chi connectivity index (χ3v) is 5.48. The summed E-state index contributed by atoms with van der Waals surface area (Å²) in [7, 11) is 6.30. The standard InChI is InChI=1S/C26H51NO3/c1-6-8-10-11-12-13-14-15-16-17-18-19-21-26(23-25(28)29,24-27(3,4)5)30-22-20-9-7-2/h19,21H,6-18,20,22-24H2,1-5H3/p+1. The molecule has 1 N–H and O–H groups in total. The molecule has 0 aromatic carbocycles. The number of unbranched alkanes of at least 4 members (excludes halogenated alkanes) is 12. The second-order valence-corrected chi connectivity index (χ2v) is 10.0. The Bertz CT molecular complexity index is 442. The fraction of sp³-hybridized carbons (Fsp3) is 0.885. The van der Waals surface area contributed by atoms with Crippen molar-refractivity contribution in [1.82, 2.24) is 0 Å². The molecule has 4 heteroatoms. The lowest BCUT2D eigenvalue weighted by Crippen LogP contribution is -2.51. The van der Waals surface area contributed by atoms with Gasteiger partial charge in [0.15, 0.2) is 0 Å². The van der Waals surface area contributed by atoms with Gasteiger partial charge in [0.05, 0.1) is 27.6 Å². The van der Waals surface area contributed by atoms with Crippen LogP contribution in [0.5, 0.6) is 0 Å². The zero-order valence-corrected chi connectivity index (χ0v) is 20.9. The molecule has 0 fully saturated rings. The van der Waals surface area contributed by atoms with Crippen LogP contribution in [0.25, 0.3) is 0 Å². The molecule has 1 atom stereocenters. The Kier molecular flexibility index (Phi) is 17.3. The Balaban J connectivity index is 4.44. The van der Waals surface area contributed by atoms with Gasteiger partial charge in [-0.3, -0.25) is 4.79 Å². The number of ether oxygens (including phenoxy) is 1. The zero-order chi connectivity index (χ0) is 22.7. The van der Waals surface area contributed by atoms with Crippen LogP contribution in [0, 0.1) is 0 Å². The van der Waals surface area contributed by atoms with E-state index in [1.807, 2.05) is 0 Å². The largest absolute Gasteiger partial charge is 0.481 e. The number of carboxylic acids is 1. The van der Waals surface area contributed by atoms with Gasteiger partial charge in [-0.1, -0.05) is 96.6 Å². The van der Waals surface area contributed by atoms with E-state index in [9.17, 15) is 9.90 Å². The highest BCUT2D eigenvalue weighted by molar-refractivity contribution is 5.68. The van der Waals surface area contributed by atoms with Crippen LogP contribution in [0.4, 0.5) is 0 Å². The SMILES string of the molecule is CCCCCCCCCCCCC=CC(CC(=O)O)(C[N+](C)(C)C)OCCCCC. The molecule has 30 heavy (non-hydrogen) atoms. The molecule has 0 saturated heterocycles. The predicted molar refractivity (Wildman–Crippen MR) is 129 cm³/mol. The van der Waals surface area contributed by atoms with Crippen molar-refractivity contribution in [2.75, 3.05) is 34.3 Å². The Morgan fingerprint density at radius 2 is 1.33 bits per heavy atom. The summed E-state index contributed by atoms with van der Waals surface area (Å²) < 4.78 is 6.92. The average Bonchev–Trinajstić information content (AvgIpc) is 2.64. The van der Waals surface area contributed by atoms with Gasteiger partial charge in [0, 0.05) is 6.61 Å². The maximum Gasteiger partial charge on any atom is 0.306 e. The van der Waals surface area contributed by atoms with Crippen molar-refractivity contribution in [1.29, 1.82) is 0 Å². The summed E-state index contributed by atoms with van der Waals surface area (Å²) in [6, 6.07) is 0. The van der Waals surface area contributed by atoms with Crippen LogP contribution < -0.4 is 0 Å². The minimum Gasteiger partial charge on any atom is -0.481 e. The number of allylic oxidation sites excluding steroid dienone is 1. The molecule has 0 aromatic heterocycles. The summed E-state index contributed by atoms with van der Waals surface area (Å²) in [6.45, 7) is 5.73. The lowest BCUT2D eigenvalue weighted by Gasteiger charge is -2.36. The summed E-state index contributed by atoms with van der Waals surface area (Å²) in [5, 5.41) is 9.52. The summed E-state index contributed by atoms with van der Waals surface area (Å²) in [5.74, 6) is -0.789. The first-order valence-corrected chi connectivity index (χ1v) is 12.6. The second kappa shape index (κ2) is 17.8. The quantitative estimate of drug-likeness (QED) is 0.122. The highest BCUT2D eigenvalue weighted by atomic mass is 16.5. The topological polar surface area (TPSA) is 46.5 Å². The van der Waals surface area contributed by atoms with Gasteiger partial charge in [0.25, 0.3) is 0 Å². The Morgan fingerprint density at radius 3 is 1.83 bits per heavy atom. The van der Waals surface area contributed by atoms with Gasteiger partial charge < -0.3 is 14.3 Å². The second-order valence-electron chi connectivity index (χ2n) is 10.0. The van der Waals surface area contributed by atoms with Crippen LogP contribution in [0.2, 0.25) is 0 Å². The lowest BCUT2D eigenvalue weighted by molar-refractivity contribution is -0.876. The number of hydrogen-bond acceptors (Lipinski definition) is 2. The smallest absolute Gasteiger partial charge is 0.306 e. The molecule has 0 bridgehead atoms. The first kappa shape index (κ1) is 29.1. The van der Waals surface area contributed by atoms with E-state index in [-0.39, 0.29) is 6.42 Å². The van der Waals surface area contributed by atoms with Crippen LogP contribution >= 0.6 is 0 Å². The van der Waals surface area contributed by atoms with Gasteiger partial charge >= 0.3 is 5.97 Å². The molecule has 0 rings (SSSR count). The zero-order valence-electron chi connectivity index (χ0n) is 20.9. The molecular formula is C26H52NO3+. The number of likely N-dealkylation sites (N-methyl/N-ethyl adjacent to an activating group) is 1. The van der Waals surface area contributed by atoms with Gasteiger partial charge in [-0.05, 0) is 19.3 Å². The molecule has 0 saturated carbocycles. The fourth-order valence-corrected chi connectivity index (χ4v) is 4.05. The molecular weight excluding hydrogens is 374 g/mol. The van der Waals surface area contributed by atoms with Crippen LogP contribution in [0.1, 0.15) is 110 Å². The number of nitrogens with zero attached hydrogens (tertiary/aromatic N) is 1. The normalized spacial score (nSPS) is 14.3. The summed E-state index contributed by atoms with van der Waals surface area (Å²) in [5.41, 5.74) is -0.712. The monoisotopic (exact) mass is 426 g/mol. The molecule has 0 amide bonds. The maximum absolute atomic E-state index is 11.6. The number of carboxylic acid groups (broad SMARTS) is 1. The molecule has 178 valence electrons. The van der Waals surface area contributed by atoms with E-state index in [2.05, 4.69) is 47.1 Å². The number of rotatable bonds is 21. The van der Waals surface area contributed by atoms with Crippen molar-refractivity contribution in [2.45, 2.75) is 116 Å². The number of carbonyl (C=O) groups is 1. The van der Waals surface area contributed by atoms with Gasteiger partial charge in [-0.15, -0.1) is 0 Å². The highest BCUT2D eigenvalue weighted by Crippen LogP contribution is 2.23. The molecule has 0 aliphatic heterocycles. The molecule has 0 aliphatic carbocycles. The van der Waals surface area contributed by atoms with E-state index < -0.39 is 11.6 Å². The number of aliphatic carboxylic acids is 1. The molecule has 0 radical (unpaired) electrons.